The Hall–Kier alpha value is -1.64. The quantitative estimate of drug-likeness (QED) is 0.908. The van der Waals surface area contributed by atoms with Gasteiger partial charge >= 0.3 is 12.1 Å². The largest absolute Gasteiger partial charge is 0.471 e. The summed E-state index contributed by atoms with van der Waals surface area (Å²) in [6, 6.07) is 0. The summed E-state index contributed by atoms with van der Waals surface area (Å²) in [7, 11) is 0. The zero-order chi connectivity index (χ0) is 15.6. The van der Waals surface area contributed by atoms with Crippen molar-refractivity contribution in [1.82, 2.24) is 9.88 Å². The zero-order valence-electron chi connectivity index (χ0n) is 11.2. The van der Waals surface area contributed by atoms with Crippen molar-refractivity contribution in [3.8, 4) is 0 Å². The van der Waals surface area contributed by atoms with E-state index in [2.05, 4.69) is 10.3 Å². The third-order valence-corrected chi connectivity index (χ3v) is 4.12. The van der Waals surface area contributed by atoms with E-state index in [-0.39, 0.29) is 31.8 Å². The van der Waals surface area contributed by atoms with E-state index in [1.807, 2.05) is 0 Å². The van der Waals surface area contributed by atoms with Gasteiger partial charge in [0.05, 0.1) is 5.69 Å². The number of alkyl halides is 3. The molecule has 0 saturated carbocycles. The predicted molar refractivity (Wildman–Crippen MR) is 70.8 cm³/mol. The third-order valence-electron chi connectivity index (χ3n) is 3.24. The van der Waals surface area contributed by atoms with Gasteiger partial charge in [-0.25, -0.2) is 4.98 Å². The van der Waals surface area contributed by atoms with E-state index >= 15 is 0 Å². The molecule has 1 saturated heterocycles. The maximum Gasteiger partial charge on any atom is 0.471 e. The van der Waals surface area contributed by atoms with Gasteiger partial charge in [-0.2, -0.15) is 13.2 Å². The second kappa shape index (κ2) is 6.00. The van der Waals surface area contributed by atoms with Crippen molar-refractivity contribution in [2.75, 3.05) is 18.4 Å². The molecular weight excluding hydrogens is 307 g/mol. The molecule has 9 heteroatoms. The van der Waals surface area contributed by atoms with Gasteiger partial charge in [-0.1, -0.05) is 0 Å². The zero-order valence-corrected chi connectivity index (χ0v) is 12.1. The van der Waals surface area contributed by atoms with Crippen LogP contribution in [0.5, 0.6) is 0 Å². The van der Waals surface area contributed by atoms with Crippen LogP contribution in [0.15, 0.2) is 5.38 Å². The van der Waals surface area contributed by atoms with E-state index < -0.39 is 18.0 Å². The van der Waals surface area contributed by atoms with Crippen LogP contribution in [0.3, 0.4) is 0 Å². The number of carbonyl (C=O) groups is 2. The maximum absolute atomic E-state index is 12.3. The van der Waals surface area contributed by atoms with Gasteiger partial charge in [-0.05, 0) is 19.8 Å². The van der Waals surface area contributed by atoms with Crippen LogP contribution in [-0.2, 0) is 9.59 Å². The lowest BCUT2D eigenvalue weighted by atomic mass is 9.96. The van der Waals surface area contributed by atoms with Crippen molar-refractivity contribution < 1.29 is 22.8 Å². The minimum absolute atomic E-state index is 0.0622. The number of nitrogens with one attached hydrogen (secondary N) is 1. The molecule has 1 fully saturated rings. The number of amides is 2. The Morgan fingerprint density at radius 2 is 2.00 bits per heavy atom. The molecule has 0 spiro atoms. The van der Waals surface area contributed by atoms with Crippen LogP contribution in [0.1, 0.15) is 18.5 Å². The van der Waals surface area contributed by atoms with Crippen molar-refractivity contribution in [2.45, 2.75) is 25.9 Å². The molecule has 0 unspecified atom stereocenters. The van der Waals surface area contributed by atoms with Gasteiger partial charge in [0.25, 0.3) is 0 Å². The molecule has 1 aliphatic rings. The number of anilines is 1. The molecular formula is C12H14F3N3O2S. The molecule has 5 nitrogen and oxygen atoms in total. The summed E-state index contributed by atoms with van der Waals surface area (Å²) in [6.45, 7) is 1.67. The fourth-order valence-electron chi connectivity index (χ4n) is 2.14. The molecule has 0 aliphatic carbocycles. The standard InChI is InChI=1S/C12H14F3N3O2S/c1-7-6-21-11(16-7)17-9(19)8-2-4-18(5-3-8)10(20)12(13,14)15/h6,8H,2-5H2,1H3,(H,16,17,19). The van der Waals surface area contributed by atoms with Crippen molar-refractivity contribution in [1.29, 1.82) is 0 Å². The van der Waals surface area contributed by atoms with Gasteiger partial charge in [0, 0.05) is 24.4 Å². The van der Waals surface area contributed by atoms with E-state index in [4.69, 9.17) is 0 Å². The summed E-state index contributed by atoms with van der Waals surface area (Å²) in [5, 5.41) is 4.92. The molecule has 116 valence electrons. The smallest absolute Gasteiger partial charge is 0.335 e. The summed E-state index contributed by atoms with van der Waals surface area (Å²) in [4.78, 5) is 27.9. The lowest BCUT2D eigenvalue weighted by molar-refractivity contribution is -0.186. The second-order valence-corrected chi connectivity index (χ2v) is 5.71. The fourth-order valence-corrected chi connectivity index (χ4v) is 2.83. The summed E-state index contributed by atoms with van der Waals surface area (Å²) in [6.07, 6.45) is -4.41. The number of nitrogens with zero attached hydrogens (tertiary/aromatic N) is 2. The fraction of sp³-hybridized carbons (Fsp3) is 0.583. The maximum atomic E-state index is 12.3. The van der Waals surface area contributed by atoms with Gasteiger partial charge in [-0.15, -0.1) is 11.3 Å². The first kappa shape index (κ1) is 15.7. The number of carbonyl (C=O) groups excluding carboxylic acids is 2. The van der Waals surface area contributed by atoms with Crippen molar-refractivity contribution in [3.63, 3.8) is 0 Å². The van der Waals surface area contributed by atoms with Gasteiger partial charge in [0.1, 0.15) is 0 Å². The molecule has 0 radical (unpaired) electrons. The van der Waals surface area contributed by atoms with Crippen LogP contribution >= 0.6 is 11.3 Å². The molecule has 2 rings (SSSR count). The summed E-state index contributed by atoms with van der Waals surface area (Å²) >= 11 is 1.29. The number of thiazole rings is 1. The highest BCUT2D eigenvalue weighted by Gasteiger charge is 2.43. The second-order valence-electron chi connectivity index (χ2n) is 4.85. The van der Waals surface area contributed by atoms with Crippen molar-refractivity contribution in [2.24, 2.45) is 5.92 Å². The van der Waals surface area contributed by atoms with E-state index in [9.17, 15) is 22.8 Å². The molecule has 0 atom stereocenters. The first-order valence-electron chi connectivity index (χ1n) is 6.36. The van der Waals surface area contributed by atoms with Crippen LogP contribution in [0, 0.1) is 12.8 Å². The number of piperidine rings is 1. The van der Waals surface area contributed by atoms with Gasteiger partial charge in [0.2, 0.25) is 5.91 Å². The van der Waals surface area contributed by atoms with Crippen LogP contribution in [0.4, 0.5) is 18.3 Å². The molecule has 2 amide bonds. The molecule has 1 aromatic heterocycles. The first-order valence-corrected chi connectivity index (χ1v) is 7.24. The third kappa shape index (κ3) is 3.93. The summed E-state index contributed by atoms with van der Waals surface area (Å²) in [5.74, 6) is -2.49. The Morgan fingerprint density at radius 1 is 1.38 bits per heavy atom. The summed E-state index contributed by atoms with van der Waals surface area (Å²) in [5.41, 5.74) is 0.792. The number of aromatic nitrogens is 1. The molecule has 1 aromatic rings. The topological polar surface area (TPSA) is 62.3 Å². The lowest BCUT2D eigenvalue weighted by Gasteiger charge is -2.31. The monoisotopic (exact) mass is 321 g/mol. The Morgan fingerprint density at radius 3 is 2.48 bits per heavy atom. The Labute approximate surface area is 123 Å². The highest BCUT2D eigenvalue weighted by Crippen LogP contribution is 2.25. The number of hydrogen-bond acceptors (Lipinski definition) is 4. The van der Waals surface area contributed by atoms with Gasteiger partial charge in [-0.3, -0.25) is 9.59 Å². The van der Waals surface area contributed by atoms with E-state index in [1.54, 1.807) is 12.3 Å². The molecule has 2 heterocycles. The van der Waals surface area contributed by atoms with Crippen molar-refractivity contribution >= 4 is 28.3 Å². The van der Waals surface area contributed by atoms with Gasteiger partial charge in [0.15, 0.2) is 5.13 Å². The van der Waals surface area contributed by atoms with Crippen LogP contribution in [-0.4, -0.2) is 41.0 Å². The van der Waals surface area contributed by atoms with E-state index in [1.165, 1.54) is 11.3 Å². The first-order chi connectivity index (χ1) is 9.77. The van der Waals surface area contributed by atoms with Crippen molar-refractivity contribution in [3.05, 3.63) is 11.1 Å². The van der Waals surface area contributed by atoms with Crippen LogP contribution < -0.4 is 5.32 Å². The Balaban J connectivity index is 1.86. The lowest BCUT2D eigenvalue weighted by Crippen LogP contribution is -2.46. The number of likely N-dealkylation sites (tertiary alicyclic amines) is 1. The predicted octanol–water partition coefficient (Wildman–Crippen LogP) is 2.19. The number of halogens is 3. The van der Waals surface area contributed by atoms with Crippen LogP contribution in [0.2, 0.25) is 0 Å². The molecule has 21 heavy (non-hydrogen) atoms. The average Bonchev–Trinajstić information content (AvgIpc) is 2.82. The highest BCUT2D eigenvalue weighted by molar-refractivity contribution is 7.13. The highest BCUT2D eigenvalue weighted by atomic mass is 32.1. The molecule has 1 N–H and O–H groups in total. The number of hydrogen-bond donors (Lipinski definition) is 1. The Bertz CT molecular complexity index is 536. The summed E-state index contributed by atoms with van der Waals surface area (Å²) < 4.78 is 36.9. The molecule has 0 aromatic carbocycles. The number of aryl methyl sites for hydroxylation is 1. The van der Waals surface area contributed by atoms with Gasteiger partial charge < -0.3 is 10.2 Å². The SMILES string of the molecule is Cc1csc(NC(=O)C2CCN(C(=O)C(F)(F)F)CC2)n1. The minimum Gasteiger partial charge on any atom is -0.335 e. The number of rotatable bonds is 2. The molecule has 0 bridgehead atoms. The van der Waals surface area contributed by atoms with E-state index in [0.717, 1.165) is 10.6 Å². The minimum atomic E-state index is -4.85. The molecule has 1 aliphatic heterocycles. The van der Waals surface area contributed by atoms with Crippen LogP contribution in [0.25, 0.3) is 0 Å². The Kier molecular flexibility index (Phi) is 4.50. The average molecular weight is 321 g/mol. The normalized spacial score (nSPS) is 16.9. The van der Waals surface area contributed by atoms with E-state index in [0.29, 0.717) is 5.13 Å².